The number of hydrogen-bond acceptors (Lipinski definition) is 4. The maximum atomic E-state index is 12.4. The van der Waals surface area contributed by atoms with E-state index >= 15 is 0 Å². The fourth-order valence-corrected chi connectivity index (χ4v) is 3.11. The quantitative estimate of drug-likeness (QED) is 0.778. The van der Waals surface area contributed by atoms with Gasteiger partial charge in [0, 0.05) is 18.0 Å². The molecule has 2 aromatic carbocycles. The fraction of sp³-hybridized carbons (Fsp3) is 0.263. The average molecular weight is 333 g/mol. The van der Waals surface area contributed by atoms with E-state index < -0.39 is 6.04 Å². The first-order chi connectivity index (χ1) is 12.2. The Morgan fingerprint density at radius 3 is 2.76 bits per heavy atom. The van der Waals surface area contributed by atoms with Gasteiger partial charge in [-0.2, -0.15) is 4.80 Å². The molecule has 1 heterocycles. The second kappa shape index (κ2) is 6.47. The van der Waals surface area contributed by atoms with Crippen LogP contribution in [-0.4, -0.2) is 32.7 Å². The van der Waals surface area contributed by atoms with Gasteiger partial charge in [-0.25, -0.2) is 0 Å². The minimum absolute atomic E-state index is 0.0959. The van der Waals surface area contributed by atoms with E-state index in [0.717, 1.165) is 12.0 Å². The molecular formula is C19H19N5O. The van der Waals surface area contributed by atoms with Gasteiger partial charge in [-0.05, 0) is 29.7 Å². The molecule has 3 aromatic rings. The molecule has 6 nitrogen and oxygen atoms in total. The number of amides is 1. The molecule has 1 amide bonds. The first kappa shape index (κ1) is 15.5. The van der Waals surface area contributed by atoms with E-state index in [2.05, 4.69) is 38.9 Å². The van der Waals surface area contributed by atoms with E-state index in [1.165, 1.54) is 15.9 Å². The highest BCUT2D eigenvalue weighted by Gasteiger charge is 2.27. The van der Waals surface area contributed by atoms with Gasteiger partial charge in [-0.3, -0.25) is 4.79 Å². The molecule has 126 valence electrons. The van der Waals surface area contributed by atoms with Gasteiger partial charge in [-0.1, -0.05) is 54.6 Å². The molecule has 0 saturated heterocycles. The van der Waals surface area contributed by atoms with Crippen molar-refractivity contribution in [2.75, 3.05) is 6.54 Å². The van der Waals surface area contributed by atoms with Crippen LogP contribution in [0.2, 0.25) is 0 Å². The molecule has 0 fully saturated rings. The highest BCUT2D eigenvalue weighted by atomic mass is 16.2. The summed E-state index contributed by atoms with van der Waals surface area (Å²) < 4.78 is 0. The summed E-state index contributed by atoms with van der Waals surface area (Å²) in [5.41, 5.74) is 3.59. The van der Waals surface area contributed by atoms with Crippen LogP contribution in [0.25, 0.3) is 11.4 Å². The lowest BCUT2D eigenvalue weighted by Crippen LogP contribution is -2.37. The van der Waals surface area contributed by atoms with Crippen molar-refractivity contribution in [1.82, 2.24) is 25.5 Å². The van der Waals surface area contributed by atoms with Gasteiger partial charge >= 0.3 is 0 Å². The van der Waals surface area contributed by atoms with Gasteiger partial charge in [0.2, 0.25) is 11.7 Å². The molecule has 0 bridgehead atoms. The SMILES string of the molecule is C[C@@H](C(=O)NC[C@H]1Cc2ccccc21)n1nnc(-c2ccccc2)n1. The van der Waals surface area contributed by atoms with Crippen molar-refractivity contribution >= 4 is 5.91 Å². The van der Waals surface area contributed by atoms with E-state index in [1.807, 2.05) is 36.4 Å². The first-order valence-corrected chi connectivity index (χ1v) is 8.43. The number of aromatic nitrogens is 4. The Morgan fingerprint density at radius 1 is 1.20 bits per heavy atom. The van der Waals surface area contributed by atoms with Crippen molar-refractivity contribution in [3.05, 3.63) is 65.7 Å². The lowest BCUT2D eigenvalue weighted by Gasteiger charge is -2.30. The Balaban J connectivity index is 1.37. The number of nitrogens with zero attached hydrogens (tertiary/aromatic N) is 4. The third-order valence-electron chi connectivity index (χ3n) is 4.67. The number of tetrazole rings is 1. The molecule has 2 atom stereocenters. The lowest BCUT2D eigenvalue weighted by molar-refractivity contribution is -0.124. The monoisotopic (exact) mass is 333 g/mol. The minimum Gasteiger partial charge on any atom is -0.354 e. The van der Waals surface area contributed by atoms with Crippen molar-refractivity contribution in [3.8, 4) is 11.4 Å². The van der Waals surface area contributed by atoms with Gasteiger partial charge < -0.3 is 5.32 Å². The molecule has 1 aliphatic carbocycles. The summed E-state index contributed by atoms with van der Waals surface area (Å²) in [6.45, 7) is 2.42. The Morgan fingerprint density at radius 2 is 1.96 bits per heavy atom. The highest BCUT2D eigenvalue weighted by molar-refractivity contribution is 5.79. The van der Waals surface area contributed by atoms with Gasteiger partial charge in [0.15, 0.2) is 0 Å². The Hall–Kier alpha value is -3.02. The molecule has 0 saturated carbocycles. The second-order valence-corrected chi connectivity index (χ2v) is 6.32. The van der Waals surface area contributed by atoms with Gasteiger partial charge in [0.05, 0.1) is 0 Å². The van der Waals surface area contributed by atoms with E-state index in [9.17, 15) is 4.79 Å². The normalized spacial score (nSPS) is 16.6. The number of hydrogen-bond donors (Lipinski definition) is 1. The molecule has 0 unspecified atom stereocenters. The maximum absolute atomic E-state index is 12.4. The lowest BCUT2D eigenvalue weighted by atomic mass is 9.77. The average Bonchev–Trinajstić information content (AvgIpc) is 3.12. The van der Waals surface area contributed by atoms with Crippen molar-refractivity contribution < 1.29 is 4.79 Å². The summed E-state index contributed by atoms with van der Waals surface area (Å²) in [6, 6.07) is 17.5. The minimum atomic E-state index is -0.500. The molecule has 1 aromatic heterocycles. The molecule has 4 rings (SSSR count). The predicted octanol–water partition coefficient (Wildman–Crippen LogP) is 2.36. The predicted molar refractivity (Wildman–Crippen MR) is 93.9 cm³/mol. The van der Waals surface area contributed by atoms with Crippen LogP contribution in [0.15, 0.2) is 54.6 Å². The van der Waals surface area contributed by atoms with E-state index in [4.69, 9.17) is 0 Å². The van der Waals surface area contributed by atoms with Crippen LogP contribution >= 0.6 is 0 Å². The van der Waals surface area contributed by atoms with Crippen LogP contribution in [0.4, 0.5) is 0 Å². The van der Waals surface area contributed by atoms with Crippen molar-refractivity contribution in [3.63, 3.8) is 0 Å². The van der Waals surface area contributed by atoms with Gasteiger partial charge in [-0.15, -0.1) is 10.2 Å². The molecule has 0 spiro atoms. The van der Waals surface area contributed by atoms with Crippen molar-refractivity contribution in [2.24, 2.45) is 0 Å². The third-order valence-corrected chi connectivity index (χ3v) is 4.67. The first-order valence-electron chi connectivity index (χ1n) is 8.43. The standard InChI is InChI=1S/C19H19N5O/c1-13(24-22-18(21-23-24)14-7-3-2-4-8-14)19(25)20-12-16-11-15-9-5-6-10-17(15)16/h2-10,13,16H,11-12H2,1H3,(H,20,25)/t13-,16+/m0/s1. The molecule has 0 radical (unpaired) electrons. The number of carbonyl (C=O) groups excluding carboxylic acids is 1. The Bertz CT molecular complexity index is 890. The van der Waals surface area contributed by atoms with Crippen LogP contribution in [0.5, 0.6) is 0 Å². The zero-order valence-electron chi connectivity index (χ0n) is 14.0. The summed E-state index contributed by atoms with van der Waals surface area (Å²) in [7, 11) is 0. The zero-order valence-corrected chi connectivity index (χ0v) is 14.0. The smallest absolute Gasteiger partial charge is 0.246 e. The molecule has 0 aliphatic heterocycles. The van der Waals surface area contributed by atoms with Crippen LogP contribution < -0.4 is 5.32 Å². The largest absolute Gasteiger partial charge is 0.354 e. The number of benzene rings is 2. The number of carbonyl (C=O) groups is 1. The van der Waals surface area contributed by atoms with Gasteiger partial charge in [0.25, 0.3) is 0 Å². The Kier molecular flexibility index (Phi) is 4.01. The van der Waals surface area contributed by atoms with Gasteiger partial charge in [0.1, 0.15) is 6.04 Å². The number of rotatable bonds is 5. The molecule has 1 N–H and O–H groups in total. The van der Waals surface area contributed by atoms with Crippen molar-refractivity contribution in [1.29, 1.82) is 0 Å². The molecular weight excluding hydrogens is 314 g/mol. The number of fused-ring (bicyclic) bond motifs is 1. The summed E-state index contributed by atoms with van der Waals surface area (Å²) in [6.07, 6.45) is 1.02. The second-order valence-electron chi connectivity index (χ2n) is 6.32. The molecule has 6 heteroatoms. The molecule has 25 heavy (non-hydrogen) atoms. The summed E-state index contributed by atoms with van der Waals surface area (Å²) in [5.74, 6) is 0.825. The van der Waals surface area contributed by atoms with Crippen LogP contribution in [-0.2, 0) is 11.2 Å². The summed E-state index contributed by atoms with van der Waals surface area (Å²) in [5, 5.41) is 15.4. The van der Waals surface area contributed by atoms with Crippen LogP contribution in [0.3, 0.4) is 0 Å². The topological polar surface area (TPSA) is 72.7 Å². The van der Waals surface area contributed by atoms with Crippen LogP contribution in [0, 0.1) is 0 Å². The Labute approximate surface area is 145 Å². The fourth-order valence-electron chi connectivity index (χ4n) is 3.11. The van der Waals surface area contributed by atoms with E-state index in [1.54, 1.807) is 6.92 Å². The van der Waals surface area contributed by atoms with Crippen molar-refractivity contribution in [2.45, 2.75) is 25.3 Å². The van der Waals surface area contributed by atoms with E-state index in [-0.39, 0.29) is 5.91 Å². The summed E-state index contributed by atoms with van der Waals surface area (Å²) in [4.78, 5) is 13.8. The van der Waals surface area contributed by atoms with Crippen LogP contribution in [0.1, 0.15) is 30.0 Å². The third kappa shape index (κ3) is 3.03. The summed E-state index contributed by atoms with van der Waals surface area (Å²) >= 11 is 0. The van der Waals surface area contributed by atoms with E-state index in [0.29, 0.717) is 18.3 Å². The number of nitrogens with one attached hydrogen (secondary N) is 1. The zero-order chi connectivity index (χ0) is 17.2. The maximum Gasteiger partial charge on any atom is 0.246 e. The molecule has 1 aliphatic rings. The highest BCUT2D eigenvalue weighted by Crippen LogP contribution is 2.34.